The molecular weight excluding hydrogens is 450 g/mol. The van der Waals surface area contributed by atoms with Crippen molar-refractivity contribution in [2.75, 3.05) is 10.2 Å². The number of halogens is 1. The maximum atomic E-state index is 14.2. The summed E-state index contributed by atoms with van der Waals surface area (Å²) in [7, 11) is 0. The average molecular weight is 470 g/mol. The molecule has 2 aromatic carbocycles. The van der Waals surface area contributed by atoms with Crippen molar-refractivity contribution in [3.63, 3.8) is 0 Å². The minimum absolute atomic E-state index is 0.178. The second-order valence-corrected chi connectivity index (χ2v) is 9.35. The van der Waals surface area contributed by atoms with Crippen LogP contribution < -0.4 is 10.2 Å². The molecule has 1 spiro atoms. The number of nitrogens with one attached hydrogen (secondary N) is 1. The number of benzene rings is 2. The van der Waals surface area contributed by atoms with Gasteiger partial charge in [-0.2, -0.15) is 0 Å². The molecule has 1 amide bonds. The molecule has 6 nitrogen and oxygen atoms in total. The summed E-state index contributed by atoms with van der Waals surface area (Å²) in [4.78, 5) is 47.3. The summed E-state index contributed by atoms with van der Waals surface area (Å²) in [5.41, 5.74) is 2.16. The number of aromatic nitrogens is 1. The molecule has 6 rings (SSSR count). The number of ketones is 2. The Morgan fingerprint density at radius 3 is 2.62 bits per heavy atom. The fraction of sp³-hybridized carbons (Fsp3) is 0.185. The first-order valence-electron chi connectivity index (χ1n) is 11.1. The average Bonchev–Trinajstić information content (AvgIpc) is 3.32. The highest BCUT2D eigenvalue weighted by molar-refractivity contribution is 6.31. The lowest BCUT2D eigenvalue weighted by Gasteiger charge is -2.37. The van der Waals surface area contributed by atoms with E-state index in [0.29, 0.717) is 16.3 Å². The number of rotatable bonds is 3. The zero-order chi connectivity index (χ0) is 23.6. The number of nitrogens with zero attached hydrogens (tertiary/aromatic N) is 2. The van der Waals surface area contributed by atoms with Gasteiger partial charge in [-0.05, 0) is 54.4 Å². The van der Waals surface area contributed by atoms with Gasteiger partial charge in [-0.15, -0.1) is 0 Å². The lowest BCUT2D eigenvalue weighted by Crippen LogP contribution is -2.51. The van der Waals surface area contributed by atoms with Gasteiger partial charge in [0, 0.05) is 34.4 Å². The first kappa shape index (κ1) is 20.8. The van der Waals surface area contributed by atoms with Crippen molar-refractivity contribution >= 4 is 46.5 Å². The van der Waals surface area contributed by atoms with Crippen LogP contribution in [0.1, 0.15) is 28.4 Å². The van der Waals surface area contributed by atoms with Gasteiger partial charge in [0.05, 0.1) is 18.0 Å². The van der Waals surface area contributed by atoms with E-state index in [4.69, 9.17) is 11.6 Å². The Morgan fingerprint density at radius 1 is 1.09 bits per heavy atom. The van der Waals surface area contributed by atoms with Gasteiger partial charge in [0.15, 0.2) is 11.6 Å². The van der Waals surface area contributed by atoms with Gasteiger partial charge < -0.3 is 10.2 Å². The molecule has 0 bridgehead atoms. The van der Waals surface area contributed by atoms with Gasteiger partial charge in [-0.1, -0.05) is 42.0 Å². The molecule has 4 atom stereocenters. The van der Waals surface area contributed by atoms with E-state index in [-0.39, 0.29) is 17.5 Å². The van der Waals surface area contributed by atoms with E-state index < -0.39 is 23.4 Å². The van der Waals surface area contributed by atoms with Crippen LogP contribution in [0, 0.1) is 5.92 Å². The molecule has 0 aliphatic carbocycles. The molecule has 0 radical (unpaired) electrons. The van der Waals surface area contributed by atoms with Crippen LogP contribution in [0.4, 0.5) is 11.4 Å². The fourth-order valence-electron chi connectivity index (χ4n) is 6.00. The molecule has 0 unspecified atom stereocenters. The summed E-state index contributed by atoms with van der Waals surface area (Å²) < 4.78 is 0. The first-order valence-corrected chi connectivity index (χ1v) is 11.4. The second-order valence-electron chi connectivity index (χ2n) is 8.92. The molecule has 4 heterocycles. The number of pyridine rings is 1. The predicted molar refractivity (Wildman–Crippen MR) is 130 cm³/mol. The molecule has 168 valence electrons. The van der Waals surface area contributed by atoms with Crippen molar-refractivity contribution in [2.24, 2.45) is 5.92 Å². The molecule has 1 saturated heterocycles. The number of anilines is 2. The van der Waals surface area contributed by atoms with Gasteiger partial charge in [-0.25, -0.2) is 0 Å². The van der Waals surface area contributed by atoms with Crippen molar-refractivity contribution in [2.45, 2.75) is 24.4 Å². The Hall–Kier alpha value is -3.77. The molecule has 1 aromatic heterocycles. The van der Waals surface area contributed by atoms with E-state index in [1.807, 2.05) is 53.5 Å². The predicted octanol–water partition coefficient (Wildman–Crippen LogP) is 4.30. The van der Waals surface area contributed by atoms with Gasteiger partial charge in [0.25, 0.3) is 0 Å². The highest BCUT2D eigenvalue weighted by Crippen LogP contribution is 2.57. The normalized spacial score (nSPS) is 26.1. The Morgan fingerprint density at radius 2 is 1.85 bits per heavy atom. The van der Waals surface area contributed by atoms with Crippen LogP contribution in [-0.4, -0.2) is 34.5 Å². The van der Waals surface area contributed by atoms with Gasteiger partial charge >= 0.3 is 0 Å². The number of carbonyl (C=O) groups excluding carboxylic acids is 3. The molecule has 3 aliphatic rings. The zero-order valence-corrected chi connectivity index (χ0v) is 19.0. The second kappa shape index (κ2) is 7.37. The van der Waals surface area contributed by atoms with Crippen LogP contribution in [0.2, 0.25) is 5.02 Å². The third-order valence-corrected chi connectivity index (χ3v) is 7.49. The highest BCUT2D eigenvalue weighted by Gasteiger charge is 2.69. The number of carbonyl (C=O) groups is 3. The maximum Gasteiger partial charge on any atom is 0.238 e. The standard InChI is InChI=1S/C27H20ClN3O3/c1-15(32)24-23(25(33)16-10-12-29-13-11-16)27(19-4-2-3-5-20(19)30-26(27)34)22-9-6-17-14-18(28)7-8-21(17)31(22)24/h2-14,22-24H,1H3,(H,30,34)/t22-,23-,24+,27-/m1/s1. The summed E-state index contributed by atoms with van der Waals surface area (Å²) in [6, 6.07) is 14.8. The minimum atomic E-state index is -1.28. The number of amides is 1. The van der Waals surface area contributed by atoms with E-state index in [1.165, 1.54) is 6.92 Å². The molecular formula is C27H20ClN3O3. The van der Waals surface area contributed by atoms with Crippen LogP contribution in [-0.2, 0) is 15.0 Å². The van der Waals surface area contributed by atoms with Crippen molar-refractivity contribution in [3.05, 3.63) is 94.8 Å². The van der Waals surface area contributed by atoms with Crippen molar-refractivity contribution in [1.82, 2.24) is 4.98 Å². The number of fused-ring (bicyclic) bond motifs is 6. The van der Waals surface area contributed by atoms with Crippen LogP contribution in [0.3, 0.4) is 0 Å². The van der Waals surface area contributed by atoms with Crippen molar-refractivity contribution in [1.29, 1.82) is 0 Å². The SMILES string of the molecule is CC(=O)[C@H]1[C@H](C(=O)c2ccncc2)[C@]2(C(=O)Nc3ccccc32)[C@H]2C=Cc3cc(Cl)ccc3N12. The number of para-hydroxylation sites is 1. The van der Waals surface area contributed by atoms with E-state index in [9.17, 15) is 14.4 Å². The molecule has 0 saturated carbocycles. The number of hydrogen-bond donors (Lipinski definition) is 1. The monoisotopic (exact) mass is 469 g/mol. The molecule has 34 heavy (non-hydrogen) atoms. The number of Topliss-reactive ketones (excluding diaryl/α,β-unsaturated/α-hetero) is 2. The van der Waals surface area contributed by atoms with Crippen LogP contribution >= 0.6 is 11.6 Å². The summed E-state index contributed by atoms with van der Waals surface area (Å²) in [6.07, 6.45) is 6.95. The van der Waals surface area contributed by atoms with Crippen LogP contribution in [0.15, 0.2) is 73.1 Å². The van der Waals surface area contributed by atoms with Gasteiger partial charge in [-0.3, -0.25) is 19.4 Å². The summed E-state index contributed by atoms with van der Waals surface area (Å²) in [5, 5.41) is 3.57. The smallest absolute Gasteiger partial charge is 0.238 e. The van der Waals surface area contributed by atoms with E-state index >= 15 is 0 Å². The first-order chi connectivity index (χ1) is 16.4. The van der Waals surface area contributed by atoms with E-state index in [2.05, 4.69) is 10.3 Å². The summed E-state index contributed by atoms with van der Waals surface area (Å²) in [5.74, 6) is -1.65. The largest absolute Gasteiger partial charge is 0.352 e. The molecule has 1 N–H and O–H groups in total. The Bertz CT molecular complexity index is 1400. The fourth-order valence-corrected chi connectivity index (χ4v) is 6.18. The van der Waals surface area contributed by atoms with Gasteiger partial charge in [0.1, 0.15) is 5.41 Å². The third kappa shape index (κ3) is 2.63. The molecule has 3 aliphatic heterocycles. The quantitative estimate of drug-likeness (QED) is 0.579. The van der Waals surface area contributed by atoms with Crippen molar-refractivity contribution in [3.8, 4) is 0 Å². The minimum Gasteiger partial charge on any atom is -0.352 e. The lowest BCUT2D eigenvalue weighted by molar-refractivity contribution is -0.122. The summed E-state index contributed by atoms with van der Waals surface area (Å²) >= 11 is 6.24. The van der Waals surface area contributed by atoms with Crippen LogP contribution in [0.5, 0.6) is 0 Å². The zero-order valence-electron chi connectivity index (χ0n) is 18.2. The highest BCUT2D eigenvalue weighted by atomic mass is 35.5. The van der Waals surface area contributed by atoms with Crippen molar-refractivity contribution < 1.29 is 14.4 Å². The van der Waals surface area contributed by atoms with E-state index in [1.54, 1.807) is 30.6 Å². The Kier molecular flexibility index (Phi) is 4.51. The van der Waals surface area contributed by atoms with Crippen LogP contribution in [0.25, 0.3) is 6.08 Å². The number of hydrogen-bond acceptors (Lipinski definition) is 5. The lowest BCUT2D eigenvalue weighted by atomic mass is 9.64. The van der Waals surface area contributed by atoms with E-state index in [0.717, 1.165) is 16.8 Å². The summed E-state index contributed by atoms with van der Waals surface area (Å²) in [6.45, 7) is 1.49. The third-order valence-electron chi connectivity index (χ3n) is 7.26. The molecule has 3 aromatic rings. The van der Waals surface area contributed by atoms with Gasteiger partial charge in [0.2, 0.25) is 5.91 Å². The topological polar surface area (TPSA) is 79.4 Å². The molecule has 1 fully saturated rings. The maximum absolute atomic E-state index is 14.2. The Balaban J connectivity index is 1.67. The molecule has 7 heteroatoms. The Labute approximate surface area is 201 Å².